The minimum absolute atomic E-state index is 0.105. The maximum Gasteiger partial charge on any atom is 0.303 e. The molecule has 48 valence electrons. The van der Waals surface area contributed by atoms with Gasteiger partial charge in [0, 0.05) is 13.0 Å². The highest BCUT2D eigenvalue weighted by Crippen LogP contribution is 1.83. The van der Waals surface area contributed by atoms with E-state index in [-0.39, 0.29) is 6.42 Å². The zero-order valence-electron chi connectivity index (χ0n) is 4.42. The summed E-state index contributed by atoms with van der Waals surface area (Å²) in [7, 11) is 0. The summed E-state index contributed by atoms with van der Waals surface area (Å²) < 4.78 is 0. The van der Waals surface area contributed by atoms with Gasteiger partial charge >= 0.3 is 5.97 Å². The van der Waals surface area contributed by atoms with Crippen LogP contribution in [0.1, 0.15) is 12.8 Å². The van der Waals surface area contributed by atoms with Crippen LogP contribution < -0.4 is 5.48 Å². The van der Waals surface area contributed by atoms with Crippen LogP contribution in [0, 0.1) is 0 Å². The maximum atomic E-state index is 9.76. The van der Waals surface area contributed by atoms with Gasteiger partial charge in [0.2, 0.25) is 0 Å². The largest absolute Gasteiger partial charge is 0.481 e. The number of carboxylic acids is 1. The first kappa shape index (κ1) is 7.39. The maximum absolute atomic E-state index is 9.76. The topological polar surface area (TPSA) is 69.6 Å². The van der Waals surface area contributed by atoms with Crippen LogP contribution in [0.25, 0.3) is 0 Å². The molecule has 0 aromatic rings. The van der Waals surface area contributed by atoms with Gasteiger partial charge in [-0.2, -0.15) is 0 Å². The van der Waals surface area contributed by atoms with Gasteiger partial charge in [0.1, 0.15) is 0 Å². The fourth-order valence-corrected chi connectivity index (χ4v) is 0.319. The molecule has 0 amide bonds. The molecule has 4 nitrogen and oxygen atoms in total. The van der Waals surface area contributed by atoms with Crippen LogP contribution in [0.2, 0.25) is 0 Å². The Morgan fingerprint density at radius 1 is 1.62 bits per heavy atom. The van der Waals surface area contributed by atoms with Crippen molar-refractivity contribution in [3.8, 4) is 0 Å². The van der Waals surface area contributed by atoms with E-state index in [9.17, 15) is 4.79 Å². The van der Waals surface area contributed by atoms with E-state index in [1.54, 1.807) is 0 Å². The normalized spacial score (nSPS) is 9.12. The molecule has 0 aliphatic heterocycles. The highest BCUT2D eigenvalue weighted by Gasteiger charge is 1.92. The lowest BCUT2D eigenvalue weighted by Gasteiger charge is -1.91. The van der Waals surface area contributed by atoms with Gasteiger partial charge in [-0.15, -0.1) is 0 Å². The van der Waals surface area contributed by atoms with Crippen molar-refractivity contribution in [2.24, 2.45) is 0 Å². The lowest BCUT2D eigenvalue weighted by atomic mass is 10.3. The standard InChI is InChI=1S/C4H9NO3/c6-4(7)2-1-3-5-8/h5,8H,1-3H2,(H,6,7). The zero-order valence-corrected chi connectivity index (χ0v) is 4.42. The second kappa shape index (κ2) is 4.55. The summed E-state index contributed by atoms with van der Waals surface area (Å²) in [6.45, 7) is 0.340. The van der Waals surface area contributed by atoms with Gasteiger partial charge < -0.3 is 10.3 Å². The minimum Gasteiger partial charge on any atom is -0.481 e. The number of rotatable bonds is 4. The summed E-state index contributed by atoms with van der Waals surface area (Å²) >= 11 is 0. The molecule has 0 radical (unpaired) electrons. The molecule has 0 bridgehead atoms. The fraction of sp³-hybridized carbons (Fsp3) is 0.750. The predicted octanol–water partition coefficient (Wildman–Crippen LogP) is -0.170. The van der Waals surface area contributed by atoms with Crippen LogP contribution in [0.15, 0.2) is 0 Å². The highest BCUT2D eigenvalue weighted by atomic mass is 16.5. The Morgan fingerprint density at radius 3 is 2.62 bits per heavy atom. The minimum atomic E-state index is -0.833. The van der Waals surface area contributed by atoms with E-state index in [0.29, 0.717) is 13.0 Å². The summed E-state index contributed by atoms with van der Waals surface area (Å²) in [6, 6.07) is 0. The van der Waals surface area contributed by atoms with Crippen LogP contribution in [0.3, 0.4) is 0 Å². The molecule has 0 aromatic carbocycles. The lowest BCUT2D eigenvalue weighted by Crippen LogP contribution is -2.10. The van der Waals surface area contributed by atoms with E-state index in [1.165, 1.54) is 0 Å². The average Bonchev–Trinajstić information content (AvgIpc) is 1.66. The Bertz CT molecular complexity index is 73.7. The molecule has 0 spiro atoms. The van der Waals surface area contributed by atoms with Crippen molar-refractivity contribution in [1.29, 1.82) is 0 Å². The third-order valence-electron chi connectivity index (χ3n) is 0.679. The first-order valence-corrected chi connectivity index (χ1v) is 2.36. The molecule has 0 atom stereocenters. The van der Waals surface area contributed by atoms with Crippen molar-refractivity contribution in [3.63, 3.8) is 0 Å². The summed E-state index contributed by atoms with van der Waals surface area (Å²) in [5.41, 5.74) is 1.86. The van der Waals surface area contributed by atoms with E-state index in [4.69, 9.17) is 10.3 Å². The molecule has 0 heterocycles. The summed E-state index contributed by atoms with van der Waals surface area (Å²) in [5, 5.41) is 16.0. The highest BCUT2D eigenvalue weighted by molar-refractivity contribution is 5.66. The van der Waals surface area contributed by atoms with Crippen molar-refractivity contribution in [2.45, 2.75) is 12.8 Å². The molecule has 0 fully saturated rings. The Morgan fingerprint density at radius 2 is 2.25 bits per heavy atom. The van der Waals surface area contributed by atoms with E-state index >= 15 is 0 Å². The first-order chi connectivity index (χ1) is 3.77. The number of aliphatic carboxylic acids is 1. The smallest absolute Gasteiger partial charge is 0.303 e. The third-order valence-corrected chi connectivity index (χ3v) is 0.679. The molecule has 0 saturated heterocycles. The monoisotopic (exact) mass is 119 g/mol. The van der Waals surface area contributed by atoms with Gasteiger partial charge in [0.15, 0.2) is 0 Å². The predicted molar refractivity (Wildman–Crippen MR) is 26.7 cm³/mol. The van der Waals surface area contributed by atoms with E-state index in [2.05, 4.69) is 0 Å². The van der Waals surface area contributed by atoms with Crippen molar-refractivity contribution >= 4 is 5.97 Å². The Hall–Kier alpha value is -0.610. The van der Waals surface area contributed by atoms with E-state index in [0.717, 1.165) is 0 Å². The number of nitrogens with one attached hydrogen (secondary N) is 1. The van der Waals surface area contributed by atoms with Gasteiger partial charge in [-0.05, 0) is 6.42 Å². The molecule has 8 heavy (non-hydrogen) atoms. The summed E-state index contributed by atoms with van der Waals surface area (Å²) in [6.07, 6.45) is 0.569. The second-order valence-electron chi connectivity index (χ2n) is 1.41. The molecule has 0 saturated carbocycles. The lowest BCUT2D eigenvalue weighted by molar-refractivity contribution is -0.137. The van der Waals surface area contributed by atoms with Crippen LogP contribution in [-0.2, 0) is 4.79 Å². The molecular weight excluding hydrogens is 110 g/mol. The van der Waals surface area contributed by atoms with Gasteiger partial charge in [-0.1, -0.05) is 0 Å². The van der Waals surface area contributed by atoms with Crippen molar-refractivity contribution < 1.29 is 15.1 Å². The van der Waals surface area contributed by atoms with Crippen LogP contribution >= 0.6 is 0 Å². The SMILES string of the molecule is O=C(O)CCCNO. The van der Waals surface area contributed by atoms with Crippen LogP contribution in [0.5, 0.6) is 0 Å². The zero-order chi connectivity index (χ0) is 6.41. The molecule has 4 heteroatoms. The molecule has 3 N–H and O–H groups in total. The molecule has 0 aromatic heterocycles. The van der Waals surface area contributed by atoms with E-state index in [1.807, 2.05) is 5.48 Å². The van der Waals surface area contributed by atoms with Crippen LogP contribution in [-0.4, -0.2) is 22.8 Å². The van der Waals surface area contributed by atoms with Crippen molar-refractivity contribution in [3.05, 3.63) is 0 Å². The molecule has 0 aliphatic rings. The molecular formula is C4H9NO3. The van der Waals surface area contributed by atoms with Gasteiger partial charge in [0.25, 0.3) is 0 Å². The molecule has 0 rings (SSSR count). The Labute approximate surface area is 47.1 Å². The van der Waals surface area contributed by atoms with Crippen molar-refractivity contribution in [2.75, 3.05) is 6.54 Å². The third kappa shape index (κ3) is 5.39. The number of hydroxylamine groups is 1. The summed E-state index contributed by atoms with van der Waals surface area (Å²) in [4.78, 5) is 9.76. The van der Waals surface area contributed by atoms with Gasteiger partial charge in [0.05, 0.1) is 0 Å². The second-order valence-corrected chi connectivity index (χ2v) is 1.41. The number of carbonyl (C=O) groups is 1. The number of hydrogen-bond donors (Lipinski definition) is 3. The van der Waals surface area contributed by atoms with Gasteiger partial charge in [-0.3, -0.25) is 4.79 Å². The Balaban J connectivity index is 2.82. The number of hydrogen-bond acceptors (Lipinski definition) is 3. The number of carboxylic acid groups (broad SMARTS) is 1. The first-order valence-electron chi connectivity index (χ1n) is 2.36. The molecule has 0 unspecified atom stereocenters. The average molecular weight is 119 g/mol. The van der Waals surface area contributed by atoms with E-state index < -0.39 is 5.97 Å². The van der Waals surface area contributed by atoms with Crippen molar-refractivity contribution in [1.82, 2.24) is 5.48 Å². The van der Waals surface area contributed by atoms with Gasteiger partial charge in [-0.25, -0.2) is 5.48 Å². The van der Waals surface area contributed by atoms with Crippen LogP contribution in [0.4, 0.5) is 0 Å². The molecule has 0 aliphatic carbocycles. The fourth-order valence-electron chi connectivity index (χ4n) is 0.319. The summed E-state index contributed by atoms with van der Waals surface area (Å²) in [5.74, 6) is -0.833. The quantitative estimate of drug-likeness (QED) is 0.355. The Kier molecular flexibility index (Phi) is 4.20.